The molecule has 3 unspecified atom stereocenters. The van der Waals surface area contributed by atoms with Gasteiger partial charge >= 0.3 is 0 Å². The molecule has 1 fully saturated rings. The van der Waals surface area contributed by atoms with E-state index < -0.39 is 0 Å². The van der Waals surface area contributed by atoms with Crippen molar-refractivity contribution < 1.29 is 4.74 Å². The molecule has 1 aromatic carbocycles. The number of pyridine rings is 1. The Balaban J connectivity index is 1.76. The van der Waals surface area contributed by atoms with Crippen molar-refractivity contribution in [2.24, 2.45) is 5.92 Å². The number of hydrogen-bond acceptors (Lipinski definition) is 3. The molecular weight excluding hydrogens is 284 g/mol. The van der Waals surface area contributed by atoms with Gasteiger partial charge in [0.1, 0.15) is 0 Å². The van der Waals surface area contributed by atoms with E-state index in [1.165, 1.54) is 18.4 Å². The molecule has 0 saturated heterocycles. The fraction of sp³-hybridized carbons (Fsp3) is 0.450. The Morgan fingerprint density at radius 2 is 1.91 bits per heavy atom. The van der Waals surface area contributed by atoms with Gasteiger partial charge in [-0.05, 0) is 55.2 Å². The zero-order valence-electron chi connectivity index (χ0n) is 14.3. The normalized spacial score (nSPS) is 24.2. The van der Waals surface area contributed by atoms with Crippen LogP contribution in [0.5, 0.6) is 5.88 Å². The first kappa shape index (κ1) is 15.9. The molecule has 3 rings (SSSR count). The van der Waals surface area contributed by atoms with Crippen LogP contribution in [0.1, 0.15) is 43.2 Å². The summed E-state index contributed by atoms with van der Waals surface area (Å²) in [6.45, 7) is 4.42. The first-order valence-corrected chi connectivity index (χ1v) is 8.48. The van der Waals surface area contributed by atoms with Crippen LogP contribution in [0.15, 0.2) is 42.6 Å². The highest BCUT2D eigenvalue weighted by atomic mass is 16.5. The fourth-order valence-electron chi connectivity index (χ4n) is 3.76. The Kier molecular flexibility index (Phi) is 4.85. The molecule has 0 radical (unpaired) electrons. The van der Waals surface area contributed by atoms with Gasteiger partial charge in [-0.3, -0.25) is 0 Å². The highest BCUT2D eigenvalue weighted by Crippen LogP contribution is 2.38. The summed E-state index contributed by atoms with van der Waals surface area (Å²) < 4.78 is 5.41. The summed E-state index contributed by atoms with van der Waals surface area (Å²) in [5, 5.41) is 3.68. The van der Waals surface area contributed by atoms with Crippen molar-refractivity contribution >= 4 is 5.69 Å². The summed E-state index contributed by atoms with van der Waals surface area (Å²) >= 11 is 0. The lowest BCUT2D eigenvalue weighted by atomic mass is 9.76. The number of rotatable bonds is 4. The van der Waals surface area contributed by atoms with Crippen LogP contribution in [0.2, 0.25) is 0 Å². The largest absolute Gasteiger partial charge is 0.480 e. The van der Waals surface area contributed by atoms with Crippen molar-refractivity contribution in [1.29, 1.82) is 0 Å². The number of hydrogen-bond donors (Lipinski definition) is 1. The van der Waals surface area contributed by atoms with Crippen LogP contribution in [-0.4, -0.2) is 18.1 Å². The first-order chi connectivity index (χ1) is 11.2. The first-order valence-electron chi connectivity index (χ1n) is 8.48. The van der Waals surface area contributed by atoms with Gasteiger partial charge in [0.25, 0.3) is 0 Å². The summed E-state index contributed by atoms with van der Waals surface area (Å²) in [7, 11) is 1.68. The lowest BCUT2D eigenvalue weighted by Crippen LogP contribution is -2.30. The smallest absolute Gasteiger partial charge is 0.237 e. The highest BCUT2D eigenvalue weighted by Gasteiger charge is 2.28. The maximum atomic E-state index is 5.41. The number of aromatic nitrogens is 1. The van der Waals surface area contributed by atoms with Crippen LogP contribution in [-0.2, 0) is 0 Å². The van der Waals surface area contributed by atoms with Crippen molar-refractivity contribution in [3.05, 3.63) is 53.7 Å². The summed E-state index contributed by atoms with van der Waals surface area (Å²) in [6.07, 6.45) is 5.47. The van der Waals surface area contributed by atoms with Crippen LogP contribution in [0.25, 0.3) is 0 Å². The van der Waals surface area contributed by atoms with E-state index in [0.717, 1.165) is 23.6 Å². The van der Waals surface area contributed by atoms with Crippen molar-refractivity contribution in [3.8, 4) is 5.88 Å². The second-order valence-electron chi connectivity index (χ2n) is 6.83. The van der Waals surface area contributed by atoms with E-state index >= 15 is 0 Å². The molecular formula is C20H26N2O. The van der Waals surface area contributed by atoms with Crippen molar-refractivity contribution in [2.45, 2.75) is 45.1 Å². The number of methoxy groups -OCH3 is 1. The molecule has 2 aromatic rings. The zero-order valence-corrected chi connectivity index (χ0v) is 14.3. The molecule has 0 aliphatic heterocycles. The third-order valence-electron chi connectivity index (χ3n) is 4.75. The number of ether oxygens (including phenoxy) is 1. The Labute approximate surface area is 139 Å². The predicted octanol–water partition coefficient (Wildman–Crippen LogP) is 4.78. The summed E-state index contributed by atoms with van der Waals surface area (Å²) in [5.41, 5.74) is 3.62. The summed E-state index contributed by atoms with van der Waals surface area (Å²) in [4.78, 5) is 4.37. The maximum absolute atomic E-state index is 5.41. The second kappa shape index (κ2) is 7.03. The lowest BCUT2D eigenvalue weighted by molar-refractivity contribution is 0.319. The molecule has 1 aliphatic rings. The van der Waals surface area contributed by atoms with Crippen molar-refractivity contribution in [2.75, 3.05) is 12.4 Å². The minimum atomic E-state index is 0.460. The van der Waals surface area contributed by atoms with E-state index in [1.807, 2.05) is 6.20 Å². The van der Waals surface area contributed by atoms with E-state index in [1.54, 1.807) is 7.11 Å². The van der Waals surface area contributed by atoms with Gasteiger partial charge in [-0.2, -0.15) is 0 Å². The molecule has 0 bridgehead atoms. The Hall–Kier alpha value is -2.03. The molecule has 3 heteroatoms. The van der Waals surface area contributed by atoms with Crippen LogP contribution in [0, 0.1) is 12.8 Å². The number of anilines is 1. The standard InChI is InChI=1S/C20H26N2O/c1-14-9-17(16-7-5-4-6-8-16)12-18(10-14)22-19-11-15(2)13-21-20(19)23-3/h4-8,11,13-14,17-18,22H,9-10,12H2,1-3H3. The quantitative estimate of drug-likeness (QED) is 0.882. The van der Waals surface area contributed by atoms with E-state index in [0.29, 0.717) is 17.8 Å². The van der Waals surface area contributed by atoms with Gasteiger partial charge in [0, 0.05) is 12.2 Å². The van der Waals surface area contributed by atoms with E-state index in [9.17, 15) is 0 Å². The second-order valence-corrected chi connectivity index (χ2v) is 6.83. The molecule has 122 valence electrons. The van der Waals surface area contributed by atoms with Crippen LogP contribution >= 0.6 is 0 Å². The van der Waals surface area contributed by atoms with Gasteiger partial charge in [-0.15, -0.1) is 0 Å². The third-order valence-corrected chi connectivity index (χ3v) is 4.75. The maximum Gasteiger partial charge on any atom is 0.237 e. The predicted molar refractivity (Wildman–Crippen MR) is 95.1 cm³/mol. The molecule has 1 aromatic heterocycles. The minimum absolute atomic E-state index is 0.460. The Morgan fingerprint density at radius 3 is 2.65 bits per heavy atom. The number of benzene rings is 1. The van der Waals surface area contributed by atoms with Gasteiger partial charge in [0.15, 0.2) is 0 Å². The molecule has 3 nitrogen and oxygen atoms in total. The van der Waals surface area contributed by atoms with Gasteiger partial charge in [-0.1, -0.05) is 37.3 Å². The number of nitrogens with zero attached hydrogens (tertiary/aromatic N) is 1. The fourth-order valence-corrected chi connectivity index (χ4v) is 3.76. The van der Waals surface area contributed by atoms with E-state index in [-0.39, 0.29) is 0 Å². The minimum Gasteiger partial charge on any atom is -0.480 e. The average Bonchev–Trinajstić information content (AvgIpc) is 2.55. The summed E-state index contributed by atoms with van der Waals surface area (Å²) in [6, 6.07) is 13.5. The number of nitrogens with one attached hydrogen (secondary N) is 1. The Bertz CT molecular complexity index is 641. The molecule has 0 amide bonds. The molecule has 1 N–H and O–H groups in total. The zero-order chi connectivity index (χ0) is 16.2. The summed E-state index contributed by atoms with van der Waals surface area (Å²) in [5.74, 6) is 2.03. The molecule has 1 aliphatic carbocycles. The van der Waals surface area contributed by atoms with Gasteiger partial charge < -0.3 is 10.1 Å². The van der Waals surface area contributed by atoms with E-state index in [2.05, 4.69) is 60.5 Å². The molecule has 0 spiro atoms. The van der Waals surface area contributed by atoms with Crippen molar-refractivity contribution in [1.82, 2.24) is 4.98 Å². The van der Waals surface area contributed by atoms with Gasteiger partial charge in [0.05, 0.1) is 12.8 Å². The monoisotopic (exact) mass is 310 g/mol. The van der Waals surface area contributed by atoms with Gasteiger partial charge in [0.2, 0.25) is 5.88 Å². The lowest BCUT2D eigenvalue weighted by Gasteiger charge is -2.35. The average molecular weight is 310 g/mol. The van der Waals surface area contributed by atoms with Crippen molar-refractivity contribution in [3.63, 3.8) is 0 Å². The number of aryl methyl sites for hydroxylation is 1. The highest BCUT2D eigenvalue weighted by molar-refractivity contribution is 5.54. The van der Waals surface area contributed by atoms with Gasteiger partial charge in [-0.25, -0.2) is 4.98 Å². The SMILES string of the molecule is COc1ncc(C)cc1NC1CC(C)CC(c2ccccc2)C1. The van der Waals surface area contributed by atoms with Crippen LogP contribution < -0.4 is 10.1 Å². The molecule has 1 saturated carbocycles. The van der Waals surface area contributed by atoms with Crippen LogP contribution in [0.4, 0.5) is 5.69 Å². The topological polar surface area (TPSA) is 34.1 Å². The van der Waals surface area contributed by atoms with Crippen LogP contribution in [0.3, 0.4) is 0 Å². The van der Waals surface area contributed by atoms with E-state index in [4.69, 9.17) is 4.74 Å². The third kappa shape index (κ3) is 3.84. The Morgan fingerprint density at radius 1 is 1.13 bits per heavy atom. The molecule has 23 heavy (non-hydrogen) atoms. The molecule has 1 heterocycles. The molecule has 3 atom stereocenters.